The standard InChI is InChI=1S/C37H34ClF2N7O3/c38-26-6-4-24(29(39)16-26)21-50-35-3-1-2-31(44-35)22-8-11-46(12-9-22)20-34-43-32-15-23(5-7-33(32)47(34)19-28-10-13-49-28)37(48)42-27-14-25-18-41-45-36(25)30(40)17-27/h1-7,14-18,22,28H,8-13,19-21H2,(H,41,45)(H,42,48)/t28-/m0/s1. The average Bonchev–Trinajstić information content (AvgIpc) is 3.71. The van der Waals surface area contributed by atoms with Crippen LogP contribution in [0, 0.1) is 11.6 Å². The Labute approximate surface area is 291 Å². The molecule has 0 radical (unpaired) electrons. The highest BCUT2D eigenvalue weighted by Gasteiger charge is 2.26. The molecule has 256 valence electrons. The number of aromatic nitrogens is 5. The summed E-state index contributed by atoms with van der Waals surface area (Å²) < 4.78 is 42.5. The number of pyridine rings is 1. The van der Waals surface area contributed by atoms with Crippen LogP contribution in [0.5, 0.6) is 5.88 Å². The largest absolute Gasteiger partial charge is 0.473 e. The topological polar surface area (TPSA) is 110 Å². The Hall–Kier alpha value is -4.91. The molecule has 8 rings (SSSR count). The molecule has 1 atom stereocenters. The van der Waals surface area contributed by atoms with Gasteiger partial charge in [0.1, 0.15) is 23.8 Å². The molecule has 2 aliphatic heterocycles. The van der Waals surface area contributed by atoms with E-state index in [9.17, 15) is 13.6 Å². The lowest BCUT2D eigenvalue weighted by molar-refractivity contribution is -0.0592. The van der Waals surface area contributed by atoms with E-state index in [1.807, 2.05) is 18.2 Å². The predicted octanol–water partition coefficient (Wildman–Crippen LogP) is 7.24. The fraction of sp³-hybridized carbons (Fsp3) is 0.297. The molecule has 2 saturated heterocycles. The Morgan fingerprint density at radius 3 is 2.68 bits per heavy atom. The van der Waals surface area contributed by atoms with Crippen molar-refractivity contribution in [2.75, 3.05) is 25.0 Å². The van der Waals surface area contributed by atoms with Crippen LogP contribution < -0.4 is 10.1 Å². The van der Waals surface area contributed by atoms with Crippen molar-refractivity contribution >= 4 is 45.1 Å². The minimum absolute atomic E-state index is 0.0687. The number of nitrogens with zero attached hydrogens (tertiary/aromatic N) is 5. The summed E-state index contributed by atoms with van der Waals surface area (Å²) in [5.41, 5.74) is 4.11. The normalized spacial score (nSPS) is 16.9. The van der Waals surface area contributed by atoms with Crippen LogP contribution in [0.4, 0.5) is 14.5 Å². The number of fused-ring (bicyclic) bond motifs is 2. The lowest BCUT2D eigenvalue weighted by Gasteiger charge is -2.32. The van der Waals surface area contributed by atoms with E-state index in [0.29, 0.717) is 51.7 Å². The van der Waals surface area contributed by atoms with Crippen molar-refractivity contribution in [3.8, 4) is 5.88 Å². The van der Waals surface area contributed by atoms with Gasteiger partial charge in [0.2, 0.25) is 5.88 Å². The van der Waals surface area contributed by atoms with Crippen molar-refractivity contribution < 1.29 is 23.0 Å². The summed E-state index contributed by atoms with van der Waals surface area (Å²) >= 11 is 5.87. The van der Waals surface area contributed by atoms with Crippen molar-refractivity contribution in [3.63, 3.8) is 0 Å². The number of imidazole rings is 1. The van der Waals surface area contributed by atoms with E-state index in [0.717, 1.165) is 61.5 Å². The maximum atomic E-state index is 14.5. The second-order valence-electron chi connectivity index (χ2n) is 12.8. The molecule has 0 aliphatic carbocycles. The number of H-pyrrole nitrogens is 1. The average molecular weight is 698 g/mol. The van der Waals surface area contributed by atoms with E-state index >= 15 is 0 Å². The van der Waals surface area contributed by atoms with Gasteiger partial charge in [-0.1, -0.05) is 23.7 Å². The van der Waals surface area contributed by atoms with E-state index in [1.54, 1.807) is 36.4 Å². The minimum atomic E-state index is -0.488. The third-order valence-electron chi connectivity index (χ3n) is 9.53. The molecule has 0 saturated carbocycles. The molecule has 0 unspecified atom stereocenters. The van der Waals surface area contributed by atoms with Gasteiger partial charge in [0.05, 0.1) is 36.4 Å². The van der Waals surface area contributed by atoms with Crippen LogP contribution in [0.25, 0.3) is 21.9 Å². The number of benzene rings is 3. The number of rotatable bonds is 10. The lowest BCUT2D eigenvalue weighted by atomic mass is 9.93. The summed E-state index contributed by atoms with van der Waals surface area (Å²) in [6.45, 7) is 3.90. The molecule has 3 aromatic carbocycles. The smallest absolute Gasteiger partial charge is 0.255 e. The molecule has 2 N–H and O–H groups in total. The number of carbonyl (C=O) groups excluding carboxylic acids is 1. The van der Waals surface area contributed by atoms with E-state index in [1.165, 1.54) is 18.3 Å². The number of amides is 1. The first-order chi connectivity index (χ1) is 24.4. The third kappa shape index (κ3) is 6.78. The van der Waals surface area contributed by atoms with Gasteiger partial charge in [-0.3, -0.25) is 14.8 Å². The Kier molecular flexibility index (Phi) is 8.90. The maximum Gasteiger partial charge on any atom is 0.255 e. The summed E-state index contributed by atoms with van der Waals surface area (Å²) in [4.78, 5) is 25.4. The second-order valence-corrected chi connectivity index (χ2v) is 13.3. The number of anilines is 1. The van der Waals surface area contributed by atoms with Crippen LogP contribution in [0.15, 0.2) is 72.9 Å². The number of piperidine rings is 1. The Morgan fingerprint density at radius 1 is 1.02 bits per heavy atom. The summed E-state index contributed by atoms with van der Waals surface area (Å²) in [5.74, 6) is 0.409. The minimum Gasteiger partial charge on any atom is -0.473 e. The van der Waals surface area contributed by atoms with Crippen LogP contribution in [-0.2, 0) is 24.4 Å². The number of hydrogen-bond acceptors (Lipinski definition) is 7. The van der Waals surface area contributed by atoms with Gasteiger partial charge >= 0.3 is 0 Å². The molecule has 2 aliphatic rings. The summed E-state index contributed by atoms with van der Waals surface area (Å²) in [6.07, 6.45) is 4.48. The maximum absolute atomic E-state index is 14.5. The van der Waals surface area contributed by atoms with E-state index in [2.05, 4.69) is 25.0 Å². The fourth-order valence-corrected chi connectivity index (χ4v) is 6.84. The molecule has 5 heterocycles. The number of aromatic amines is 1. The highest BCUT2D eigenvalue weighted by Crippen LogP contribution is 2.30. The molecule has 6 aromatic rings. The molecule has 13 heteroatoms. The Morgan fingerprint density at radius 2 is 1.88 bits per heavy atom. The molecule has 2 fully saturated rings. The molecular formula is C37H34ClF2N7O3. The van der Waals surface area contributed by atoms with Crippen molar-refractivity contribution in [1.82, 2.24) is 29.6 Å². The lowest BCUT2D eigenvalue weighted by Crippen LogP contribution is -2.35. The van der Waals surface area contributed by atoms with Gasteiger partial charge in [0.15, 0.2) is 5.82 Å². The first kappa shape index (κ1) is 32.3. The first-order valence-electron chi connectivity index (χ1n) is 16.7. The SMILES string of the molecule is O=C(Nc1cc(F)c2[nH]ncc2c1)c1ccc2c(c1)nc(CN1CCC(c3cccc(OCc4ccc(Cl)cc4F)n3)CC1)n2C[C@@H]1CCO1. The Balaban J connectivity index is 0.941. The summed E-state index contributed by atoms with van der Waals surface area (Å²) in [7, 11) is 0. The number of carbonyl (C=O) groups is 1. The number of hydrogen-bond donors (Lipinski definition) is 2. The van der Waals surface area contributed by atoms with Crippen molar-refractivity contribution in [2.45, 2.75) is 51.0 Å². The number of likely N-dealkylation sites (tertiary alicyclic amines) is 1. The zero-order chi connectivity index (χ0) is 34.2. The van der Waals surface area contributed by atoms with Gasteiger partial charge in [0.25, 0.3) is 5.91 Å². The molecule has 0 spiro atoms. The molecule has 1 amide bonds. The Bertz CT molecular complexity index is 2190. The van der Waals surface area contributed by atoms with Crippen LogP contribution in [-0.4, -0.2) is 61.3 Å². The first-order valence-corrected chi connectivity index (χ1v) is 17.0. The molecular weight excluding hydrogens is 664 g/mol. The van der Waals surface area contributed by atoms with Gasteiger partial charge in [-0.15, -0.1) is 0 Å². The molecule has 3 aromatic heterocycles. The molecule has 10 nitrogen and oxygen atoms in total. The monoisotopic (exact) mass is 697 g/mol. The molecule has 0 bridgehead atoms. The van der Waals surface area contributed by atoms with Crippen LogP contribution in [0.3, 0.4) is 0 Å². The highest BCUT2D eigenvalue weighted by atomic mass is 35.5. The van der Waals surface area contributed by atoms with E-state index < -0.39 is 11.6 Å². The number of halogens is 3. The van der Waals surface area contributed by atoms with Gasteiger partial charge in [-0.05, 0) is 80.9 Å². The summed E-state index contributed by atoms with van der Waals surface area (Å²) in [6, 6.07) is 18.7. The van der Waals surface area contributed by atoms with Crippen molar-refractivity contribution in [1.29, 1.82) is 0 Å². The zero-order valence-corrected chi connectivity index (χ0v) is 27.8. The van der Waals surface area contributed by atoms with Gasteiger partial charge in [0, 0.05) is 51.5 Å². The van der Waals surface area contributed by atoms with Crippen LogP contribution in [0.2, 0.25) is 5.02 Å². The van der Waals surface area contributed by atoms with E-state index in [4.69, 9.17) is 31.0 Å². The van der Waals surface area contributed by atoms with Crippen molar-refractivity contribution in [3.05, 3.63) is 112 Å². The van der Waals surface area contributed by atoms with Crippen molar-refractivity contribution in [2.24, 2.45) is 0 Å². The van der Waals surface area contributed by atoms with Crippen LogP contribution in [0.1, 0.15) is 52.6 Å². The van der Waals surface area contributed by atoms with Gasteiger partial charge < -0.3 is 19.4 Å². The van der Waals surface area contributed by atoms with E-state index in [-0.39, 0.29) is 24.5 Å². The second kappa shape index (κ2) is 13.8. The fourth-order valence-electron chi connectivity index (χ4n) is 6.68. The zero-order valence-electron chi connectivity index (χ0n) is 27.0. The predicted molar refractivity (Wildman–Crippen MR) is 185 cm³/mol. The number of nitrogens with one attached hydrogen (secondary N) is 2. The quantitative estimate of drug-likeness (QED) is 0.155. The van der Waals surface area contributed by atoms with Crippen LogP contribution >= 0.6 is 11.6 Å². The van der Waals surface area contributed by atoms with Gasteiger partial charge in [-0.2, -0.15) is 5.10 Å². The van der Waals surface area contributed by atoms with Gasteiger partial charge in [-0.25, -0.2) is 18.7 Å². The summed E-state index contributed by atoms with van der Waals surface area (Å²) in [5, 5.41) is 10.2. The highest BCUT2D eigenvalue weighted by molar-refractivity contribution is 6.30. The molecule has 50 heavy (non-hydrogen) atoms. The number of ether oxygens (including phenoxy) is 2. The third-order valence-corrected chi connectivity index (χ3v) is 9.77.